The third-order valence-electron chi connectivity index (χ3n) is 2.80. The van der Waals surface area contributed by atoms with Crippen molar-refractivity contribution in [2.45, 2.75) is 32.9 Å². The highest BCUT2D eigenvalue weighted by Crippen LogP contribution is 2.22. The second-order valence-electron chi connectivity index (χ2n) is 4.76. The lowest BCUT2D eigenvalue weighted by molar-refractivity contribution is 0.135. The van der Waals surface area contributed by atoms with Crippen molar-refractivity contribution < 1.29 is 9.26 Å². The fraction of sp³-hybridized carbons (Fsp3) is 0.583. The molecule has 0 aromatic carbocycles. The van der Waals surface area contributed by atoms with Gasteiger partial charge in [0.2, 0.25) is 0 Å². The van der Waals surface area contributed by atoms with Gasteiger partial charge in [-0.05, 0) is 26.8 Å². The van der Waals surface area contributed by atoms with Crippen molar-refractivity contribution in [3.05, 3.63) is 17.6 Å². The molecule has 1 unspecified atom stereocenters. The molecule has 2 rings (SSSR count). The standard InChI is InChI=1S/C12H19N5O2/c1-5-17-9(6-8(2)15-17)10-14-11(16-19-10)12(3,13)7-18-4/h6H,5,7,13H2,1-4H3. The van der Waals surface area contributed by atoms with Gasteiger partial charge in [0.15, 0.2) is 5.82 Å². The monoisotopic (exact) mass is 265 g/mol. The SMILES string of the molecule is CCn1nc(C)cc1-c1nc(C(C)(N)COC)no1. The Hall–Kier alpha value is -1.73. The Kier molecular flexibility index (Phi) is 3.68. The topological polar surface area (TPSA) is 92.0 Å². The average molecular weight is 265 g/mol. The number of nitrogens with zero attached hydrogens (tertiary/aromatic N) is 4. The molecule has 0 amide bonds. The van der Waals surface area contributed by atoms with Crippen LogP contribution in [0.15, 0.2) is 10.6 Å². The van der Waals surface area contributed by atoms with E-state index in [4.69, 9.17) is 15.0 Å². The van der Waals surface area contributed by atoms with E-state index in [2.05, 4.69) is 15.2 Å². The summed E-state index contributed by atoms with van der Waals surface area (Å²) in [7, 11) is 1.58. The summed E-state index contributed by atoms with van der Waals surface area (Å²) in [6, 6.07) is 1.91. The minimum absolute atomic E-state index is 0.318. The minimum atomic E-state index is -0.775. The van der Waals surface area contributed by atoms with E-state index in [-0.39, 0.29) is 0 Å². The lowest BCUT2D eigenvalue weighted by atomic mass is 10.1. The van der Waals surface area contributed by atoms with Crippen LogP contribution in [0.1, 0.15) is 25.4 Å². The van der Waals surface area contributed by atoms with Gasteiger partial charge >= 0.3 is 0 Å². The maximum atomic E-state index is 6.08. The van der Waals surface area contributed by atoms with Gasteiger partial charge in [0.1, 0.15) is 11.2 Å². The number of hydrogen-bond donors (Lipinski definition) is 1. The number of nitrogens with two attached hydrogens (primary N) is 1. The second kappa shape index (κ2) is 5.10. The summed E-state index contributed by atoms with van der Waals surface area (Å²) in [4.78, 5) is 4.35. The first kappa shape index (κ1) is 13.7. The van der Waals surface area contributed by atoms with Crippen molar-refractivity contribution in [3.8, 4) is 11.6 Å². The minimum Gasteiger partial charge on any atom is -0.382 e. The Morgan fingerprint density at radius 3 is 2.89 bits per heavy atom. The lowest BCUT2D eigenvalue weighted by Gasteiger charge is -2.18. The molecule has 0 saturated heterocycles. The molecule has 7 nitrogen and oxygen atoms in total. The molecule has 0 fully saturated rings. The van der Waals surface area contributed by atoms with Gasteiger partial charge in [-0.25, -0.2) is 0 Å². The van der Waals surface area contributed by atoms with Crippen LogP contribution in [0.5, 0.6) is 0 Å². The van der Waals surface area contributed by atoms with Gasteiger partial charge in [-0.15, -0.1) is 0 Å². The zero-order valence-corrected chi connectivity index (χ0v) is 11.7. The average Bonchev–Trinajstić information content (AvgIpc) is 2.94. The molecule has 7 heteroatoms. The van der Waals surface area contributed by atoms with Crippen molar-refractivity contribution in [2.24, 2.45) is 5.73 Å². The Morgan fingerprint density at radius 1 is 1.53 bits per heavy atom. The second-order valence-corrected chi connectivity index (χ2v) is 4.76. The van der Waals surface area contributed by atoms with Crippen LogP contribution in [0.4, 0.5) is 0 Å². The number of rotatable bonds is 5. The summed E-state index contributed by atoms with van der Waals surface area (Å²) < 4.78 is 12.2. The van der Waals surface area contributed by atoms with Gasteiger partial charge in [-0.3, -0.25) is 4.68 Å². The summed E-state index contributed by atoms with van der Waals surface area (Å²) in [6.45, 7) is 6.78. The van der Waals surface area contributed by atoms with Gasteiger partial charge < -0.3 is 15.0 Å². The normalized spacial score (nSPS) is 14.6. The van der Waals surface area contributed by atoms with Crippen molar-refractivity contribution >= 4 is 0 Å². The quantitative estimate of drug-likeness (QED) is 0.869. The third kappa shape index (κ3) is 2.66. The van der Waals surface area contributed by atoms with Crippen LogP contribution in [0.25, 0.3) is 11.6 Å². The highest BCUT2D eigenvalue weighted by atomic mass is 16.5. The Balaban J connectivity index is 2.35. The van der Waals surface area contributed by atoms with Crippen molar-refractivity contribution in [1.29, 1.82) is 0 Å². The zero-order chi connectivity index (χ0) is 14.0. The molecule has 19 heavy (non-hydrogen) atoms. The van der Waals surface area contributed by atoms with Crippen molar-refractivity contribution in [2.75, 3.05) is 13.7 Å². The maximum absolute atomic E-state index is 6.08. The molecular weight excluding hydrogens is 246 g/mol. The van der Waals surface area contributed by atoms with Crippen molar-refractivity contribution in [3.63, 3.8) is 0 Å². The molecular formula is C12H19N5O2. The largest absolute Gasteiger partial charge is 0.382 e. The van der Waals surface area contributed by atoms with E-state index < -0.39 is 5.54 Å². The molecule has 0 aliphatic carbocycles. The molecule has 0 aliphatic heterocycles. The van der Waals surface area contributed by atoms with Gasteiger partial charge in [-0.2, -0.15) is 10.1 Å². The fourth-order valence-corrected chi connectivity index (χ4v) is 1.88. The number of aromatic nitrogens is 4. The molecule has 0 aliphatic rings. The first-order valence-electron chi connectivity index (χ1n) is 6.14. The van der Waals surface area contributed by atoms with Gasteiger partial charge in [0.25, 0.3) is 5.89 Å². The van der Waals surface area contributed by atoms with E-state index in [1.54, 1.807) is 14.0 Å². The predicted octanol–water partition coefficient (Wildman–Crippen LogP) is 1.08. The predicted molar refractivity (Wildman–Crippen MR) is 69.3 cm³/mol. The van der Waals surface area contributed by atoms with Crippen LogP contribution in [0.3, 0.4) is 0 Å². The molecule has 2 heterocycles. The maximum Gasteiger partial charge on any atom is 0.276 e. The van der Waals surface area contributed by atoms with E-state index in [0.29, 0.717) is 18.3 Å². The van der Waals surface area contributed by atoms with Crippen LogP contribution < -0.4 is 5.73 Å². The molecule has 2 aromatic rings. The molecule has 0 spiro atoms. The smallest absolute Gasteiger partial charge is 0.276 e. The summed E-state index contributed by atoms with van der Waals surface area (Å²) in [5, 5.41) is 8.28. The molecule has 1 atom stereocenters. The van der Waals surface area contributed by atoms with E-state index >= 15 is 0 Å². The summed E-state index contributed by atoms with van der Waals surface area (Å²) >= 11 is 0. The first-order valence-corrected chi connectivity index (χ1v) is 6.14. The Morgan fingerprint density at radius 2 is 2.26 bits per heavy atom. The summed E-state index contributed by atoms with van der Waals surface area (Å²) in [6.07, 6.45) is 0. The molecule has 0 bridgehead atoms. The van der Waals surface area contributed by atoms with Crippen LogP contribution in [-0.2, 0) is 16.8 Å². The van der Waals surface area contributed by atoms with Crippen LogP contribution in [0.2, 0.25) is 0 Å². The van der Waals surface area contributed by atoms with E-state index in [1.807, 2.05) is 24.6 Å². The number of ether oxygens (including phenoxy) is 1. The Labute approximate surface area is 111 Å². The van der Waals surface area contributed by atoms with Gasteiger partial charge in [0, 0.05) is 13.7 Å². The number of aryl methyl sites for hydroxylation is 2. The number of methoxy groups -OCH3 is 1. The van der Waals surface area contributed by atoms with Gasteiger partial charge in [-0.1, -0.05) is 5.16 Å². The van der Waals surface area contributed by atoms with Gasteiger partial charge in [0.05, 0.1) is 12.3 Å². The third-order valence-corrected chi connectivity index (χ3v) is 2.80. The summed E-state index contributed by atoms with van der Waals surface area (Å²) in [5.41, 5.74) is 7.01. The molecule has 2 N–H and O–H groups in total. The Bertz CT molecular complexity index is 558. The first-order chi connectivity index (χ1) is 8.97. The van der Waals surface area contributed by atoms with Crippen LogP contribution in [0, 0.1) is 6.92 Å². The van der Waals surface area contributed by atoms with E-state index in [0.717, 1.165) is 17.9 Å². The zero-order valence-electron chi connectivity index (χ0n) is 11.7. The molecule has 2 aromatic heterocycles. The van der Waals surface area contributed by atoms with Crippen LogP contribution in [-0.4, -0.2) is 33.6 Å². The highest BCUT2D eigenvalue weighted by Gasteiger charge is 2.28. The molecule has 0 radical (unpaired) electrons. The van der Waals surface area contributed by atoms with E-state index in [1.165, 1.54) is 0 Å². The number of hydrogen-bond acceptors (Lipinski definition) is 6. The van der Waals surface area contributed by atoms with E-state index in [9.17, 15) is 0 Å². The molecule has 0 saturated carbocycles. The summed E-state index contributed by atoms with van der Waals surface area (Å²) in [5.74, 6) is 0.844. The fourth-order valence-electron chi connectivity index (χ4n) is 1.88. The lowest BCUT2D eigenvalue weighted by Crippen LogP contribution is -2.38. The van der Waals surface area contributed by atoms with Crippen molar-refractivity contribution in [1.82, 2.24) is 19.9 Å². The molecule has 104 valence electrons. The highest BCUT2D eigenvalue weighted by molar-refractivity contribution is 5.48. The van der Waals surface area contributed by atoms with Crippen LogP contribution >= 0.6 is 0 Å².